The lowest BCUT2D eigenvalue weighted by atomic mass is 10.1. The molecule has 0 amide bonds. The zero-order valence-corrected chi connectivity index (χ0v) is 14.7. The fourth-order valence-electron chi connectivity index (χ4n) is 2.41. The molecule has 25 heavy (non-hydrogen) atoms. The molecule has 0 aliphatic heterocycles. The van der Waals surface area contributed by atoms with Crippen LogP contribution in [0.1, 0.15) is 16.7 Å². The van der Waals surface area contributed by atoms with Crippen molar-refractivity contribution >= 4 is 23.8 Å². The largest absolute Gasteiger partial charge is 0.493 e. The van der Waals surface area contributed by atoms with Crippen LogP contribution in [-0.4, -0.2) is 7.11 Å². The summed E-state index contributed by atoms with van der Waals surface area (Å²) in [5.41, 5.74) is 3.25. The molecule has 0 unspecified atom stereocenters. The Kier molecular flexibility index (Phi) is 5.76. The van der Waals surface area contributed by atoms with Gasteiger partial charge in [-0.15, -0.1) is 0 Å². The molecule has 0 N–H and O–H groups in total. The van der Waals surface area contributed by atoms with E-state index in [0.29, 0.717) is 6.61 Å². The molecule has 0 saturated heterocycles. The van der Waals surface area contributed by atoms with Gasteiger partial charge in [0.1, 0.15) is 6.61 Å². The Balaban J connectivity index is 1.76. The summed E-state index contributed by atoms with van der Waals surface area (Å²) in [6.07, 6.45) is 4.08. The first-order chi connectivity index (χ1) is 12.2. The fourth-order valence-corrected chi connectivity index (χ4v) is 2.54. The van der Waals surface area contributed by atoms with Crippen molar-refractivity contribution in [2.24, 2.45) is 0 Å². The highest BCUT2D eigenvalue weighted by Crippen LogP contribution is 2.29. The Hall–Kier alpha value is -2.71. The van der Waals surface area contributed by atoms with E-state index in [0.717, 1.165) is 33.2 Å². The predicted molar refractivity (Wildman–Crippen MR) is 104 cm³/mol. The van der Waals surface area contributed by atoms with Crippen LogP contribution in [-0.2, 0) is 6.61 Å². The van der Waals surface area contributed by atoms with E-state index in [4.69, 9.17) is 21.1 Å². The van der Waals surface area contributed by atoms with Gasteiger partial charge in [0.15, 0.2) is 11.5 Å². The van der Waals surface area contributed by atoms with Crippen molar-refractivity contribution in [2.75, 3.05) is 7.11 Å². The highest BCUT2D eigenvalue weighted by Gasteiger charge is 2.05. The van der Waals surface area contributed by atoms with Gasteiger partial charge in [-0.25, -0.2) is 0 Å². The Bertz CT molecular complexity index is 840. The summed E-state index contributed by atoms with van der Waals surface area (Å²) >= 11 is 5.91. The van der Waals surface area contributed by atoms with E-state index in [9.17, 15) is 0 Å². The second kappa shape index (κ2) is 8.41. The molecule has 3 rings (SSSR count). The van der Waals surface area contributed by atoms with Gasteiger partial charge in [0.2, 0.25) is 0 Å². The third-order valence-electron chi connectivity index (χ3n) is 3.76. The molecule has 3 aromatic carbocycles. The number of halogens is 1. The standard InChI is InChI=1S/C22H19ClO2/c1-24-21-14-11-18(8-7-17-9-12-20(23)13-10-17)15-22(21)25-16-19-5-3-2-4-6-19/h2-15H,16H2,1H3/b8-7+. The lowest BCUT2D eigenvalue weighted by Gasteiger charge is -2.11. The molecule has 2 nitrogen and oxygen atoms in total. The normalized spacial score (nSPS) is 10.8. The number of hydrogen-bond acceptors (Lipinski definition) is 2. The number of ether oxygens (including phenoxy) is 2. The van der Waals surface area contributed by atoms with E-state index < -0.39 is 0 Å². The van der Waals surface area contributed by atoms with Gasteiger partial charge in [-0.3, -0.25) is 0 Å². The minimum Gasteiger partial charge on any atom is -0.493 e. The smallest absolute Gasteiger partial charge is 0.162 e. The number of hydrogen-bond donors (Lipinski definition) is 0. The average molecular weight is 351 g/mol. The van der Waals surface area contributed by atoms with E-state index in [-0.39, 0.29) is 0 Å². The molecule has 0 radical (unpaired) electrons. The summed E-state index contributed by atoms with van der Waals surface area (Å²) in [5, 5.41) is 0.734. The molecule has 0 heterocycles. The molecule has 0 fully saturated rings. The van der Waals surface area contributed by atoms with Crippen LogP contribution in [0.5, 0.6) is 11.5 Å². The van der Waals surface area contributed by atoms with Gasteiger partial charge in [-0.05, 0) is 41.0 Å². The van der Waals surface area contributed by atoms with Crippen LogP contribution in [0.25, 0.3) is 12.2 Å². The first-order valence-electron chi connectivity index (χ1n) is 8.03. The van der Waals surface area contributed by atoms with Gasteiger partial charge in [-0.2, -0.15) is 0 Å². The summed E-state index contributed by atoms with van der Waals surface area (Å²) in [5.74, 6) is 1.45. The SMILES string of the molecule is COc1ccc(/C=C/c2ccc(Cl)cc2)cc1OCc1ccccc1. The van der Waals surface area contributed by atoms with Gasteiger partial charge in [0.25, 0.3) is 0 Å². The summed E-state index contributed by atoms with van der Waals surface area (Å²) < 4.78 is 11.3. The van der Waals surface area contributed by atoms with Crippen LogP contribution in [0.4, 0.5) is 0 Å². The minimum atomic E-state index is 0.502. The highest BCUT2D eigenvalue weighted by atomic mass is 35.5. The van der Waals surface area contributed by atoms with Crippen LogP contribution >= 0.6 is 11.6 Å². The molecule has 3 aromatic rings. The van der Waals surface area contributed by atoms with Crippen molar-refractivity contribution in [2.45, 2.75) is 6.61 Å². The third kappa shape index (κ3) is 4.88. The average Bonchev–Trinajstić information content (AvgIpc) is 2.67. The zero-order valence-electron chi connectivity index (χ0n) is 14.0. The predicted octanol–water partition coefficient (Wildman–Crippen LogP) is 6.10. The van der Waals surface area contributed by atoms with Gasteiger partial charge in [0.05, 0.1) is 7.11 Å². The van der Waals surface area contributed by atoms with E-state index >= 15 is 0 Å². The topological polar surface area (TPSA) is 18.5 Å². The van der Waals surface area contributed by atoms with Crippen molar-refractivity contribution in [1.82, 2.24) is 0 Å². The Morgan fingerprint density at radius 2 is 1.48 bits per heavy atom. The lowest BCUT2D eigenvalue weighted by molar-refractivity contribution is 0.284. The van der Waals surface area contributed by atoms with Gasteiger partial charge in [0, 0.05) is 5.02 Å². The molecule has 0 aliphatic carbocycles. The van der Waals surface area contributed by atoms with Gasteiger partial charge in [-0.1, -0.05) is 72.3 Å². The van der Waals surface area contributed by atoms with Gasteiger partial charge >= 0.3 is 0 Å². The molecule has 0 bridgehead atoms. The molecule has 3 heteroatoms. The third-order valence-corrected chi connectivity index (χ3v) is 4.02. The minimum absolute atomic E-state index is 0.502. The molecular formula is C22H19ClO2. The molecule has 0 spiro atoms. The van der Waals surface area contributed by atoms with E-state index in [2.05, 4.69) is 0 Å². The monoisotopic (exact) mass is 350 g/mol. The Morgan fingerprint density at radius 3 is 2.20 bits per heavy atom. The van der Waals surface area contributed by atoms with Crippen molar-refractivity contribution in [3.63, 3.8) is 0 Å². The summed E-state index contributed by atoms with van der Waals surface area (Å²) in [6.45, 7) is 0.502. The number of benzene rings is 3. The van der Waals surface area contributed by atoms with Crippen LogP contribution in [0.2, 0.25) is 5.02 Å². The maximum absolute atomic E-state index is 5.95. The summed E-state index contributed by atoms with van der Waals surface area (Å²) in [7, 11) is 1.65. The summed E-state index contributed by atoms with van der Waals surface area (Å²) in [6, 6.07) is 23.7. The summed E-state index contributed by atoms with van der Waals surface area (Å²) in [4.78, 5) is 0. The van der Waals surface area contributed by atoms with Crippen molar-refractivity contribution < 1.29 is 9.47 Å². The van der Waals surface area contributed by atoms with Crippen LogP contribution in [0.3, 0.4) is 0 Å². The highest BCUT2D eigenvalue weighted by molar-refractivity contribution is 6.30. The molecule has 0 saturated carbocycles. The maximum atomic E-state index is 5.95. The molecular weight excluding hydrogens is 332 g/mol. The zero-order chi connectivity index (χ0) is 17.5. The number of methoxy groups -OCH3 is 1. The molecule has 126 valence electrons. The first-order valence-corrected chi connectivity index (χ1v) is 8.41. The van der Waals surface area contributed by atoms with E-state index in [1.54, 1.807) is 7.11 Å². The Labute approximate surface area is 153 Å². The second-order valence-electron chi connectivity index (χ2n) is 5.57. The van der Waals surface area contributed by atoms with E-state index in [1.807, 2.05) is 84.9 Å². The first kappa shape index (κ1) is 17.1. The molecule has 0 aliphatic rings. The Morgan fingerprint density at radius 1 is 0.800 bits per heavy atom. The van der Waals surface area contributed by atoms with Crippen LogP contribution in [0.15, 0.2) is 72.8 Å². The van der Waals surface area contributed by atoms with Gasteiger partial charge < -0.3 is 9.47 Å². The quantitative estimate of drug-likeness (QED) is 0.500. The lowest BCUT2D eigenvalue weighted by Crippen LogP contribution is -1.97. The maximum Gasteiger partial charge on any atom is 0.162 e. The van der Waals surface area contributed by atoms with Crippen LogP contribution in [0, 0.1) is 0 Å². The van der Waals surface area contributed by atoms with Crippen molar-refractivity contribution in [1.29, 1.82) is 0 Å². The molecule has 0 aromatic heterocycles. The second-order valence-corrected chi connectivity index (χ2v) is 6.01. The van der Waals surface area contributed by atoms with E-state index in [1.165, 1.54) is 0 Å². The van der Waals surface area contributed by atoms with Crippen LogP contribution < -0.4 is 9.47 Å². The fraction of sp³-hybridized carbons (Fsp3) is 0.0909. The number of rotatable bonds is 6. The van der Waals surface area contributed by atoms with Crippen molar-refractivity contribution in [3.8, 4) is 11.5 Å². The molecule has 0 atom stereocenters. The van der Waals surface area contributed by atoms with Crippen molar-refractivity contribution in [3.05, 3.63) is 94.5 Å².